The van der Waals surface area contributed by atoms with Crippen molar-refractivity contribution in [3.8, 4) is 5.75 Å². The second-order valence-electron chi connectivity index (χ2n) is 8.44. The minimum absolute atomic E-state index is 0.0502. The molecule has 0 bridgehead atoms. The van der Waals surface area contributed by atoms with Crippen molar-refractivity contribution < 1.29 is 33.5 Å². The van der Waals surface area contributed by atoms with Gasteiger partial charge in [-0.1, -0.05) is 0 Å². The largest absolute Gasteiger partial charge is 0.498 e. The van der Waals surface area contributed by atoms with Crippen molar-refractivity contribution in [1.82, 2.24) is 4.98 Å². The van der Waals surface area contributed by atoms with Gasteiger partial charge in [-0.3, -0.25) is 0 Å². The number of carboxylic acid groups (broad SMARTS) is 1. The van der Waals surface area contributed by atoms with Gasteiger partial charge in [0.2, 0.25) is 0 Å². The van der Waals surface area contributed by atoms with Gasteiger partial charge < -0.3 is 23.9 Å². The molecule has 28 heavy (non-hydrogen) atoms. The van der Waals surface area contributed by atoms with Crippen molar-refractivity contribution >= 4 is 30.6 Å². The normalized spacial score (nSPS) is 17.9. The first-order chi connectivity index (χ1) is 12.7. The van der Waals surface area contributed by atoms with Crippen molar-refractivity contribution in [2.75, 3.05) is 12.0 Å². The lowest BCUT2D eigenvalue weighted by Gasteiger charge is -2.32. The summed E-state index contributed by atoms with van der Waals surface area (Å²) in [7, 11) is 0.528. The van der Waals surface area contributed by atoms with E-state index in [2.05, 4.69) is 4.98 Å². The second-order valence-corrected chi connectivity index (χ2v) is 8.44. The summed E-state index contributed by atoms with van der Waals surface area (Å²) in [6, 6.07) is 1.60. The van der Waals surface area contributed by atoms with Crippen LogP contribution in [0, 0.1) is 0 Å². The summed E-state index contributed by atoms with van der Waals surface area (Å²) in [5.74, 6) is -0.175. The number of aromatic nitrogens is 1. The molecule has 0 atom stereocenters. The predicted octanol–water partition coefficient (Wildman–Crippen LogP) is 2.81. The minimum atomic E-state index is -1.55. The standard InChI is InChI=1S/C18H27BN2O7/c1-16(2,3)26-15(24)21(14(22)23)13-12(25-8)11(9-10-20-13)19-27-17(4,5)18(6,7)28-19/h9-10H,1-8H3,(H,22,23). The average Bonchev–Trinajstić information content (AvgIpc) is 2.73. The molecule has 154 valence electrons. The molecule has 0 aliphatic carbocycles. The van der Waals surface area contributed by atoms with Crippen LogP contribution in [-0.4, -0.2) is 53.3 Å². The fraction of sp³-hybridized carbons (Fsp3) is 0.611. The summed E-state index contributed by atoms with van der Waals surface area (Å²) in [5, 5.41) is 9.60. The Morgan fingerprint density at radius 2 is 1.71 bits per heavy atom. The van der Waals surface area contributed by atoms with Crippen molar-refractivity contribution in [2.24, 2.45) is 0 Å². The van der Waals surface area contributed by atoms with Crippen LogP contribution in [0.1, 0.15) is 48.5 Å². The number of carbonyl (C=O) groups excluding carboxylic acids is 1. The van der Waals surface area contributed by atoms with Gasteiger partial charge in [-0.25, -0.2) is 14.6 Å². The Morgan fingerprint density at radius 3 is 2.14 bits per heavy atom. The zero-order valence-corrected chi connectivity index (χ0v) is 17.5. The van der Waals surface area contributed by atoms with Gasteiger partial charge >= 0.3 is 19.3 Å². The van der Waals surface area contributed by atoms with Crippen molar-refractivity contribution in [2.45, 2.75) is 65.3 Å². The molecule has 9 nitrogen and oxygen atoms in total. The third-order valence-electron chi connectivity index (χ3n) is 4.61. The van der Waals surface area contributed by atoms with E-state index in [9.17, 15) is 14.7 Å². The number of amides is 2. The van der Waals surface area contributed by atoms with Gasteiger partial charge in [0.1, 0.15) is 5.60 Å². The summed E-state index contributed by atoms with van der Waals surface area (Å²) in [6.45, 7) is 12.5. The van der Waals surface area contributed by atoms with Crippen LogP contribution in [0.5, 0.6) is 5.75 Å². The van der Waals surface area contributed by atoms with Crippen LogP contribution in [0.3, 0.4) is 0 Å². The molecule has 2 rings (SSSR count). The van der Waals surface area contributed by atoms with Gasteiger partial charge in [-0.2, -0.15) is 4.90 Å². The predicted molar refractivity (Wildman–Crippen MR) is 103 cm³/mol. The maximum Gasteiger partial charge on any atom is 0.498 e. The van der Waals surface area contributed by atoms with Crippen LogP contribution in [0.25, 0.3) is 0 Å². The number of hydrogen-bond acceptors (Lipinski definition) is 7. The molecule has 1 aliphatic heterocycles. The van der Waals surface area contributed by atoms with Crippen LogP contribution < -0.4 is 15.1 Å². The zero-order valence-electron chi connectivity index (χ0n) is 17.5. The maximum atomic E-state index is 12.5. The molecule has 0 radical (unpaired) electrons. The van der Waals surface area contributed by atoms with Crippen LogP contribution in [0.4, 0.5) is 15.4 Å². The van der Waals surface area contributed by atoms with E-state index in [1.54, 1.807) is 26.8 Å². The van der Waals surface area contributed by atoms with E-state index in [-0.39, 0.29) is 11.6 Å². The molecular formula is C18H27BN2O7. The number of imide groups is 1. The van der Waals surface area contributed by atoms with Crippen molar-refractivity contribution in [3.63, 3.8) is 0 Å². The van der Waals surface area contributed by atoms with Gasteiger partial charge in [0.25, 0.3) is 0 Å². The van der Waals surface area contributed by atoms with Crippen LogP contribution >= 0.6 is 0 Å². The summed E-state index contributed by atoms with van der Waals surface area (Å²) >= 11 is 0. The van der Waals surface area contributed by atoms with Gasteiger partial charge in [0.05, 0.1) is 18.3 Å². The third kappa shape index (κ3) is 4.23. The first-order valence-corrected chi connectivity index (χ1v) is 8.85. The smallest absolute Gasteiger partial charge is 0.493 e. The molecule has 0 unspecified atom stereocenters. The fourth-order valence-corrected chi connectivity index (χ4v) is 2.54. The Hall–Kier alpha value is -2.33. The maximum absolute atomic E-state index is 12.5. The molecule has 0 spiro atoms. The number of hydrogen-bond donors (Lipinski definition) is 1. The quantitative estimate of drug-likeness (QED) is 0.780. The SMILES string of the molecule is COc1c(B2OC(C)(C)C(C)(C)O2)ccnc1N(C(=O)O)C(=O)OC(C)(C)C. The Morgan fingerprint density at radius 1 is 1.18 bits per heavy atom. The monoisotopic (exact) mass is 394 g/mol. The number of pyridine rings is 1. The summed E-state index contributed by atoms with van der Waals surface area (Å²) < 4.78 is 22.6. The molecule has 1 aromatic rings. The van der Waals surface area contributed by atoms with Crippen LogP contribution in [0.15, 0.2) is 12.3 Å². The molecule has 2 heterocycles. The van der Waals surface area contributed by atoms with Gasteiger partial charge in [-0.05, 0) is 54.5 Å². The first kappa shape index (κ1) is 22.0. The van der Waals surface area contributed by atoms with Crippen molar-refractivity contribution in [3.05, 3.63) is 12.3 Å². The highest BCUT2D eigenvalue weighted by molar-refractivity contribution is 6.63. The van der Waals surface area contributed by atoms with Gasteiger partial charge in [0, 0.05) is 11.7 Å². The number of nitrogens with zero attached hydrogens (tertiary/aromatic N) is 2. The van der Waals surface area contributed by atoms with Gasteiger partial charge in [0.15, 0.2) is 11.6 Å². The lowest BCUT2D eigenvalue weighted by molar-refractivity contribution is 0.00578. The number of anilines is 1. The lowest BCUT2D eigenvalue weighted by Crippen LogP contribution is -2.42. The number of methoxy groups -OCH3 is 1. The van der Waals surface area contributed by atoms with Crippen LogP contribution in [-0.2, 0) is 14.0 Å². The number of rotatable bonds is 3. The molecular weight excluding hydrogens is 367 g/mol. The van der Waals surface area contributed by atoms with Gasteiger partial charge in [-0.15, -0.1) is 0 Å². The van der Waals surface area contributed by atoms with E-state index in [0.717, 1.165) is 0 Å². The molecule has 10 heteroatoms. The molecule has 1 saturated heterocycles. The summed E-state index contributed by atoms with van der Waals surface area (Å²) in [5.41, 5.74) is -1.68. The molecule has 0 saturated carbocycles. The average molecular weight is 394 g/mol. The second kappa shape index (κ2) is 7.25. The highest BCUT2D eigenvalue weighted by Crippen LogP contribution is 2.38. The van der Waals surface area contributed by atoms with Crippen molar-refractivity contribution in [1.29, 1.82) is 0 Å². The van der Waals surface area contributed by atoms with E-state index in [4.69, 9.17) is 18.8 Å². The molecule has 2 amide bonds. The lowest BCUT2D eigenvalue weighted by atomic mass is 9.78. The topological polar surface area (TPSA) is 107 Å². The number of carbonyl (C=O) groups is 2. The fourth-order valence-electron chi connectivity index (χ4n) is 2.54. The Bertz CT molecular complexity index is 758. The van der Waals surface area contributed by atoms with E-state index in [0.29, 0.717) is 10.4 Å². The highest BCUT2D eigenvalue weighted by atomic mass is 16.7. The third-order valence-corrected chi connectivity index (χ3v) is 4.61. The van der Waals surface area contributed by atoms with E-state index in [1.165, 1.54) is 13.3 Å². The van der Waals surface area contributed by atoms with E-state index >= 15 is 0 Å². The molecule has 1 aromatic heterocycles. The molecule has 1 N–H and O–H groups in total. The highest BCUT2D eigenvalue weighted by Gasteiger charge is 2.53. The minimum Gasteiger partial charge on any atom is -0.493 e. The molecule has 1 aliphatic rings. The Labute approximate surface area is 165 Å². The number of ether oxygens (including phenoxy) is 2. The first-order valence-electron chi connectivity index (χ1n) is 8.85. The van der Waals surface area contributed by atoms with Crippen LogP contribution in [0.2, 0.25) is 0 Å². The van der Waals surface area contributed by atoms with E-state index < -0.39 is 36.1 Å². The summed E-state index contributed by atoms with van der Waals surface area (Å²) in [4.78, 5) is 28.7. The van der Waals surface area contributed by atoms with E-state index in [1.807, 2.05) is 27.7 Å². The Balaban J connectivity index is 2.50. The Kier molecular flexibility index (Phi) is 5.69. The zero-order chi connectivity index (χ0) is 21.5. The molecule has 1 fully saturated rings. The summed E-state index contributed by atoms with van der Waals surface area (Å²) in [6.07, 6.45) is -1.28. The molecule has 0 aromatic carbocycles.